The molecule has 0 atom stereocenters. The minimum absolute atomic E-state index is 0.812. The maximum Gasteiger partial charge on any atom is 0.145 e. The summed E-state index contributed by atoms with van der Waals surface area (Å²) in [5.41, 5.74) is 0. The van der Waals surface area contributed by atoms with Crippen LogP contribution >= 0.6 is 27.7 Å². The Morgan fingerprint density at radius 3 is 3.00 bits per heavy atom. The average Bonchev–Trinajstić information content (AvgIpc) is 2.30. The van der Waals surface area contributed by atoms with Crippen LogP contribution in [0.2, 0.25) is 0 Å². The highest BCUT2D eigenvalue weighted by molar-refractivity contribution is 9.10. The highest BCUT2D eigenvalue weighted by Crippen LogP contribution is 2.28. The van der Waals surface area contributed by atoms with E-state index in [1.165, 1.54) is 0 Å². The third-order valence-electron chi connectivity index (χ3n) is 1.99. The fourth-order valence-corrected chi connectivity index (χ4v) is 2.70. The van der Waals surface area contributed by atoms with Crippen LogP contribution in [0.15, 0.2) is 51.1 Å². The molecule has 1 aromatic carbocycles. The second kappa shape index (κ2) is 6.02. The summed E-state index contributed by atoms with van der Waals surface area (Å²) in [4.78, 5) is 9.77. The van der Waals surface area contributed by atoms with E-state index in [1.54, 1.807) is 24.2 Å². The first-order valence-electron chi connectivity index (χ1n) is 5.27. The Morgan fingerprint density at radius 2 is 2.24 bits per heavy atom. The monoisotopic (exact) mass is 309 g/mol. The first-order chi connectivity index (χ1) is 8.28. The van der Waals surface area contributed by atoms with Crippen molar-refractivity contribution < 1.29 is 0 Å². The summed E-state index contributed by atoms with van der Waals surface area (Å²) in [6.45, 7) is 2.88. The highest BCUT2D eigenvalue weighted by Gasteiger charge is 2.01. The molecule has 0 amide bonds. The molecule has 0 aliphatic heterocycles. The van der Waals surface area contributed by atoms with Crippen LogP contribution in [0, 0.1) is 0 Å². The predicted octanol–water partition coefficient (Wildman–Crippen LogP) is 3.82. The number of rotatable bonds is 4. The molecule has 0 aliphatic carbocycles. The van der Waals surface area contributed by atoms with Gasteiger partial charge in [0.05, 0.1) is 12.4 Å². The molecule has 2 rings (SSSR count). The molecule has 5 heteroatoms. The van der Waals surface area contributed by atoms with Crippen molar-refractivity contribution in [2.45, 2.75) is 16.8 Å². The number of aromatic nitrogens is 2. The highest BCUT2D eigenvalue weighted by atomic mass is 79.9. The fourth-order valence-electron chi connectivity index (χ4n) is 1.31. The molecule has 1 N–H and O–H groups in total. The molecule has 0 radical (unpaired) electrons. The van der Waals surface area contributed by atoms with E-state index in [0.717, 1.165) is 26.8 Å². The van der Waals surface area contributed by atoms with Gasteiger partial charge in [-0.2, -0.15) is 0 Å². The number of anilines is 1. The van der Waals surface area contributed by atoms with E-state index in [9.17, 15) is 0 Å². The maximum atomic E-state index is 4.46. The summed E-state index contributed by atoms with van der Waals surface area (Å²) in [5.74, 6) is 0.812. The SMILES string of the molecule is CCNc1cncc(Sc2cccc(Br)c2)n1. The molecule has 1 aromatic heterocycles. The molecular formula is C12H12BrN3S. The van der Waals surface area contributed by atoms with E-state index in [2.05, 4.69) is 43.3 Å². The Kier molecular flexibility index (Phi) is 4.39. The lowest BCUT2D eigenvalue weighted by Gasteiger charge is -2.04. The lowest BCUT2D eigenvalue weighted by molar-refractivity contribution is 1.03. The lowest BCUT2D eigenvalue weighted by Crippen LogP contribution is -2.00. The van der Waals surface area contributed by atoms with E-state index in [-0.39, 0.29) is 0 Å². The summed E-state index contributed by atoms with van der Waals surface area (Å²) >= 11 is 5.05. The zero-order valence-corrected chi connectivity index (χ0v) is 11.8. The van der Waals surface area contributed by atoms with E-state index in [0.29, 0.717) is 0 Å². The van der Waals surface area contributed by atoms with Crippen molar-refractivity contribution in [2.75, 3.05) is 11.9 Å². The number of nitrogens with zero attached hydrogens (tertiary/aromatic N) is 2. The average molecular weight is 310 g/mol. The number of benzene rings is 1. The summed E-state index contributed by atoms with van der Waals surface area (Å²) < 4.78 is 1.07. The Labute approximate surface area is 113 Å². The van der Waals surface area contributed by atoms with Gasteiger partial charge in [-0.15, -0.1) is 0 Å². The minimum atomic E-state index is 0.812. The van der Waals surface area contributed by atoms with Crippen molar-refractivity contribution in [1.29, 1.82) is 0 Å². The molecule has 17 heavy (non-hydrogen) atoms. The Morgan fingerprint density at radius 1 is 1.35 bits per heavy atom. The van der Waals surface area contributed by atoms with Gasteiger partial charge in [0.1, 0.15) is 10.8 Å². The molecule has 0 bridgehead atoms. The molecule has 2 aromatic rings. The topological polar surface area (TPSA) is 37.8 Å². The van der Waals surface area contributed by atoms with Crippen LogP contribution in [0.5, 0.6) is 0 Å². The van der Waals surface area contributed by atoms with Crippen LogP contribution < -0.4 is 5.32 Å². The first kappa shape index (κ1) is 12.4. The van der Waals surface area contributed by atoms with Crippen LogP contribution in [0.1, 0.15) is 6.92 Å². The van der Waals surface area contributed by atoms with Crippen LogP contribution in [-0.4, -0.2) is 16.5 Å². The van der Waals surface area contributed by atoms with Gasteiger partial charge >= 0.3 is 0 Å². The van der Waals surface area contributed by atoms with Crippen LogP contribution in [0.4, 0.5) is 5.82 Å². The van der Waals surface area contributed by atoms with E-state index in [4.69, 9.17) is 0 Å². The second-order valence-electron chi connectivity index (χ2n) is 3.33. The number of nitrogens with one attached hydrogen (secondary N) is 1. The molecule has 0 spiro atoms. The first-order valence-corrected chi connectivity index (χ1v) is 6.88. The summed E-state index contributed by atoms with van der Waals surface area (Å²) in [6.07, 6.45) is 3.50. The van der Waals surface area contributed by atoms with Crippen molar-refractivity contribution in [3.05, 3.63) is 41.1 Å². The third kappa shape index (κ3) is 3.71. The smallest absolute Gasteiger partial charge is 0.145 e. The zero-order chi connectivity index (χ0) is 12.1. The van der Waals surface area contributed by atoms with Crippen molar-refractivity contribution in [2.24, 2.45) is 0 Å². The quantitative estimate of drug-likeness (QED) is 0.931. The number of hydrogen-bond acceptors (Lipinski definition) is 4. The van der Waals surface area contributed by atoms with Gasteiger partial charge in [0, 0.05) is 15.9 Å². The van der Waals surface area contributed by atoms with Gasteiger partial charge in [0.2, 0.25) is 0 Å². The summed E-state index contributed by atoms with van der Waals surface area (Å²) in [6, 6.07) is 8.13. The van der Waals surface area contributed by atoms with Gasteiger partial charge in [-0.25, -0.2) is 4.98 Å². The molecule has 88 valence electrons. The van der Waals surface area contributed by atoms with E-state index in [1.807, 2.05) is 19.1 Å². The maximum absolute atomic E-state index is 4.46. The molecule has 0 aliphatic rings. The van der Waals surface area contributed by atoms with Gasteiger partial charge in [0.15, 0.2) is 0 Å². The van der Waals surface area contributed by atoms with Crippen LogP contribution in [-0.2, 0) is 0 Å². The molecule has 0 fully saturated rings. The lowest BCUT2D eigenvalue weighted by atomic mass is 10.4. The van der Waals surface area contributed by atoms with Gasteiger partial charge in [-0.1, -0.05) is 33.8 Å². The van der Waals surface area contributed by atoms with Gasteiger partial charge < -0.3 is 5.32 Å². The molecule has 0 saturated carbocycles. The minimum Gasteiger partial charge on any atom is -0.369 e. The second-order valence-corrected chi connectivity index (χ2v) is 5.34. The standard InChI is InChI=1S/C12H12BrN3S/c1-2-15-11-7-14-8-12(16-11)17-10-5-3-4-9(13)6-10/h3-8H,2H2,1H3,(H,15,16). The molecule has 0 saturated heterocycles. The molecule has 1 heterocycles. The molecule has 3 nitrogen and oxygen atoms in total. The van der Waals surface area contributed by atoms with Gasteiger partial charge in [-0.05, 0) is 25.1 Å². The van der Waals surface area contributed by atoms with Crippen molar-refractivity contribution in [3.63, 3.8) is 0 Å². The van der Waals surface area contributed by atoms with Crippen LogP contribution in [0.25, 0.3) is 0 Å². The fraction of sp³-hybridized carbons (Fsp3) is 0.167. The zero-order valence-electron chi connectivity index (χ0n) is 9.35. The summed E-state index contributed by atoms with van der Waals surface area (Å²) in [5, 5.41) is 4.04. The molecule has 0 unspecified atom stereocenters. The Hall–Kier alpha value is -1.07. The van der Waals surface area contributed by atoms with Crippen molar-refractivity contribution >= 4 is 33.5 Å². The van der Waals surface area contributed by atoms with Crippen molar-refractivity contribution in [1.82, 2.24) is 9.97 Å². The van der Waals surface area contributed by atoms with Crippen LogP contribution in [0.3, 0.4) is 0 Å². The molecular weight excluding hydrogens is 298 g/mol. The van der Waals surface area contributed by atoms with Gasteiger partial charge in [-0.3, -0.25) is 4.98 Å². The Balaban J connectivity index is 2.15. The Bertz CT molecular complexity index is 505. The third-order valence-corrected chi connectivity index (χ3v) is 3.38. The largest absolute Gasteiger partial charge is 0.369 e. The normalized spacial score (nSPS) is 10.2. The number of halogens is 1. The predicted molar refractivity (Wildman–Crippen MR) is 74.5 cm³/mol. The summed E-state index contributed by atoms with van der Waals surface area (Å²) in [7, 11) is 0. The van der Waals surface area contributed by atoms with Gasteiger partial charge in [0.25, 0.3) is 0 Å². The van der Waals surface area contributed by atoms with Crippen molar-refractivity contribution in [3.8, 4) is 0 Å². The van der Waals surface area contributed by atoms with E-state index >= 15 is 0 Å². The van der Waals surface area contributed by atoms with E-state index < -0.39 is 0 Å². The number of hydrogen-bond donors (Lipinski definition) is 1.